The number of aliphatic hydroxyl groups is 1. The summed E-state index contributed by atoms with van der Waals surface area (Å²) in [5, 5.41) is 9.33. The fraction of sp³-hybridized carbons (Fsp3) is 0.167. The number of benzene rings is 1. The van der Waals surface area contributed by atoms with E-state index in [4.69, 9.17) is 4.42 Å². The van der Waals surface area contributed by atoms with Crippen molar-refractivity contribution in [1.82, 2.24) is 4.98 Å². The van der Waals surface area contributed by atoms with E-state index in [0.29, 0.717) is 17.3 Å². The van der Waals surface area contributed by atoms with Crippen LogP contribution in [0.5, 0.6) is 0 Å². The summed E-state index contributed by atoms with van der Waals surface area (Å²) in [6, 6.07) is 9.57. The fourth-order valence-corrected chi connectivity index (χ4v) is 1.42. The summed E-state index contributed by atoms with van der Waals surface area (Å²) in [5.41, 5.74) is 1.39. The topological polar surface area (TPSA) is 46.3 Å². The van der Waals surface area contributed by atoms with Crippen molar-refractivity contribution in [3.8, 4) is 11.5 Å². The molecule has 1 aromatic heterocycles. The lowest BCUT2D eigenvalue weighted by Crippen LogP contribution is -1.93. The molecule has 0 aliphatic rings. The maximum atomic E-state index is 9.33. The van der Waals surface area contributed by atoms with Crippen molar-refractivity contribution in [3.05, 3.63) is 48.7 Å². The Kier molecular flexibility index (Phi) is 2.56. The molecule has 0 bridgehead atoms. The second kappa shape index (κ2) is 3.87. The van der Waals surface area contributed by atoms with Crippen molar-refractivity contribution in [1.29, 1.82) is 0 Å². The van der Waals surface area contributed by atoms with Gasteiger partial charge in [0.15, 0.2) is 0 Å². The molecule has 0 amide bonds. The van der Waals surface area contributed by atoms with Crippen molar-refractivity contribution in [2.45, 2.75) is 13.0 Å². The number of aryl methyl sites for hydroxylation is 1. The van der Waals surface area contributed by atoms with Gasteiger partial charge in [-0.05, 0) is 26.0 Å². The third-order valence-electron chi connectivity index (χ3n) is 2.17. The number of aliphatic hydroxyl groups excluding tert-OH is 1. The highest BCUT2D eigenvalue weighted by atomic mass is 16.4. The highest BCUT2D eigenvalue weighted by Crippen LogP contribution is 2.24. The van der Waals surface area contributed by atoms with Gasteiger partial charge in [0.05, 0.1) is 6.10 Å². The molecule has 1 aromatic carbocycles. The minimum absolute atomic E-state index is 0.494. The van der Waals surface area contributed by atoms with Crippen LogP contribution in [0.4, 0.5) is 0 Å². The Labute approximate surface area is 88.4 Å². The second-order valence-corrected chi connectivity index (χ2v) is 3.34. The summed E-state index contributed by atoms with van der Waals surface area (Å²) in [7, 11) is 0. The molecular weight excluding hydrogens is 190 g/mol. The van der Waals surface area contributed by atoms with Gasteiger partial charge in [-0.2, -0.15) is 0 Å². The van der Waals surface area contributed by atoms with Gasteiger partial charge in [-0.25, -0.2) is 4.98 Å². The average Bonchev–Trinajstić information content (AvgIpc) is 2.62. The largest absolute Gasteiger partial charge is 0.441 e. The normalized spacial score (nSPS) is 12.7. The van der Waals surface area contributed by atoms with Crippen LogP contribution in [0.15, 0.2) is 34.7 Å². The van der Waals surface area contributed by atoms with Crippen LogP contribution in [-0.2, 0) is 0 Å². The van der Waals surface area contributed by atoms with Crippen LogP contribution in [0, 0.1) is 13.8 Å². The van der Waals surface area contributed by atoms with Crippen molar-refractivity contribution >= 4 is 0 Å². The number of nitrogens with zero attached hydrogens (tertiary/aromatic N) is 1. The van der Waals surface area contributed by atoms with Gasteiger partial charge in [-0.1, -0.05) is 18.2 Å². The van der Waals surface area contributed by atoms with Crippen molar-refractivity contribution < 1.29 is 9.52 Å². The zero-order chi connectivity index (χ0) is 10.8. The van der Waals surface area contributed by atoms with Crippen LogP contribution in [0.3, 0.4) is 0 Å². The molecule has 0 saturated carbocycles. The van der Waals surface area contributed by atoms with E-state index in [1.807, 2.05) is 30.3 Å². The molecule has 15 heavy (non-hydrogen) atoms. The maximum absolute atomic E-state index is 9.33. The molecule has 1 atom stereocenters. The summed E-state index contributed by atoms with van der Waals surface area (Å²) in [5.74, 6) is 1.13. The number of hydrogen-bond acceptors (Lipinski definition) is 3. The van der Waals surface area contributed by atoms with E-state index in [-0.39, 0.29) is 0 Å². The van der Waals surface area contributed by atoms with Gasteiger partial charge >= 0.3 is 0 Å². The standard InChI is InChI=1S/C12H12NO2/c1-8(14)11-9(2)15-12(13-11)10-6-4-3-5-7-10/h3-8,14H,1H2,2H3. The molecule has 0 spiro atoms. The Hall–Kier alpha value is -1.61. The van der Waals surface area contributed by atoms with Crippen LogP contribution < -0.4 is 0 Å². The lowest BCUT2D eigenvalue weighted by molar-refractivity contribution is 0.219. The van der Waals surface area contributed by atoms with Gasteiger partial charge in [0, 0.05) is 5.56 Å². The van der Waals surface area contributed by atoms with Crippen LogP contribution in [0.25, 0.3) is 11.5 Å². The molecule has 1 radical (unpaired) electrons. The Morgan fingerprint density at radius 1 is 1.33 bits per heavy atom. The average molecular weight is 202 g/mol. The molecule has 0 aliphatic heterocycles. The lowest BCUT2D eigenvalue weighted by atomic mass is 10.2. The summed E-state index contributed by atoms with van der Waals surface area (Å²) >= 11 is 0. The number of aromatic nitrogens is 1. The first-order valence-electron chi connectivity index (χ1n) is 4.72. The molecule has 2 aromatic rings. The Balaban J connectivity index is 2.43. The van der Waals surface area contributed by atoms with Gasteiger partial charge < -0.3 is 9.52 Å². The van der Waals surface area contributed by atoms with Crippen molar-refractivity contribution in [2.24, 2.45) is 0 Å². The molecular formula is C12H12NO2. The Morgan fingerprint density at radius 3 is 2.53 bits per heavy atom. The molecule has 77 valence electrons. The van der Waals surface area contributed by atoms with Gasteiger partial charge in [-0.15, -0.1) is 0 Å². The molecule has 0 saturated heterocycles. The van der Waals surface area contributed by atoms with Gasteiger partial charge in [-0.3, -0.25) is 0 Å². The van der Waals surface area contributed by atoms with Gasteiger partial charge in [0.1, 0.15) is 11.5 Å². The zero-order valence-corrected chi connectivity index (χ0v) is 8.47. The summed E-state index contributed by atoms with van der Waals surface area (Å²) in [6.07, 6.45) is -0.841. The van der Waals surface area contributed by atoms with Gasteiger partial charge in [0.25, 0.3) is 0 Å². The zero-order valence-electron chi connectivity index (χ0n) is 8.47. The fourth-order valence-electron chi connectivity index (χ4n) is 1.42. The summed E-state index contributed by atoms with van der Waals surface area (Å²) in [6.45, 7) is 5.28. The van der Waals surface area contributed by atoms with Crippen LogP contribution in [-0.4, -0.2) is 10.1 Å². The van der Waals surface area contributed by atoms with Gasteiger partial charge in [0.2, 0.25) is 5.89 Å². The molecule has 0 fully saturated rings. The molecule has 2 rings (SSSR count). The van der Waals surface area contributed by atoms with E-state index in [1.165, 1.54) is 0 Å². The Morgan fingerprint density at radius 2 is 2.00 bits per heavy atom. The van der Waals surface area contributed by atoms with E-state index < -0.39 is 6.10 Å². The highest BCUT2D eigenvalue weighted by Gasteiger charge is 2.14. The predicted octanol–water partition coefficient (Wildman–Crippen LogP) is 2.52. The highest BCUT2D eigenvalue weighted by molar-refractivity contribution is 5.53. The minimum Gasteiger partial charge on any atom is -0.441 e. The maximum Gasteiger partial charge on any atom is 0.226 e. The number of hydrogen-bond donors (Lipinski definition) is 1. The van der Waals surface area contributed by atoms with E-state index >= 15 is 0 Å². The van der Waals surface area contributed by atoms with Crippen LogP contribution >= 0.6 is 0 Å². The molecule has 1 N–H and O–H groups in total. The monoisotopic (exact) mass is 202 g/mol. The van der Waals surface area contributed by atoms with E-state index in [0.717, 1.165) is 5.56 Å². The minimum atomic E-state index is -0.841. The second-order valence-electron chi connectivity index (χ2n) is 3.34. The first kappa shape index (κ1) is 9.93. The quantitative estimate of drug-likeness (QED) is 0.813. The van der Waals surface area contributed by atoms with Crippen molar-refractivity contribution in [3.63, 3.8) is 0 Å². The molecule has 1 heterocycles. The molecule has 3 nitrogen and oxygen atoms in total. The molecule has 1 unspecified atom stereocenters. The molecule has 3 heteroatoms. The number of rotatable bonds is 2. The van der Waals surface area contributed by atoms with Crippen LogP contribution in [0.1, 0.15) is 17.6 Å². The van der Waals surface area contributed by atoms with Crippen LogP contribution in [0.2, 0.25) is 0 Å². The third-order valence-corrected chi connectivity index (χ3v) is 2.17. The first-order valence-corrected chi connectivity index (χ1v) is 4.72. The number of oxazole rings is 1. The third kappa shape index (κ3) is 1.92. The lowest BCUT2D eigenvalue weighted by Gasteiger charge is -1.96. The van der Waals surface area contributed by atoms with Crippen molar-refractivity contribution in [2.75, 3.05) is 0 Å². The summed E-state index contributed by atoms with van der Waals surface area (Å²) < 4.78 is 5.45. The predicted molar refractivity (Wildman–Crippen MR) is 57.0 cm³/mol. The summed E-state index contributed by atoms with van der Waals surface area (Å²) in [4.78, 5) is 4.20. The van der Waals surface area contributed by atoms with E-state index in [2.05, 4.69) is 11.9 Å². The van der Waals surface area contributed by atoms with E-state index in [9.17, 15) is 5.11 Å². The first-order chi connectivity index (χ1) is 7.18. The smallest absolute Gasteiger partial charge is 0.226 e. The van der Waals surface area contributed by atoms with E-state index in [1.54, 1.807) is 6.92 Å². The molecule has 0 aliphatic carbocycles. The Bertz CT molecular complexity index is 446. The SMILES string of the molecule is [CH2]C(O)c1nc(-c2ccccc2)oc1C.